The summed E-state index contributed by atoms with van der Waals surface area (Å²) in [4.78, 5) is 0. The summed E-state index contributed by atoms with van der Waals surface area (Å²) in [6, 6.07) is 19.4. The highest BCUT2D eigenvalue weighted by Crippen LogP contribution is 2.48. The molecule has 0 saturated carbocycles. The first-order valence-corrected chi connectivity index (χ1v) is 10.4. The molecular formula is C23H16Cl2N2O3. The lowest BCUT2D eigenvalue weighted by Crippen LogP contribution is -2.33. The Labute approximate surface area is 183 Å². The van der Waals surface area contributed by atoms with Gasteiger partial charge in [-0.05, 0) is 48.5 Å². The van der Waals surface area contributed by atoms with Gasteiger partial charge in [-0.2, -0.15) is 5.10 Å². The van der Waals surface area contributed by atoms with E-state index in [4.69, 9.17) is 42.5 Å². The molecule has 0 spiro atoms. The second-order valence-electron chi connectivity index (χ2n) is 7.42. The molecule has 0 aromatic heterocycles. The second-order valence-corrected chi connectivity index (χ2v) is 8.29. The van der Waals surface area contributed by atoms with E-state index in [1.165, 1.54) is 0 Å². The first-order valence-electron chi connectivity index (χ1n) is 9.63. The molecule has 0 radical (unpaired) electrons. The fourth-order valence-electron chi connectivity index (χ4n) is 4.16. The Hall–Kier alpha value is -2.89. The molecule has 150 valence electrons. The minimum Gasteiger partial charge on any atom is -0.464 e. The van der Waals surface area contributed by atoms with Crippen molar-refractivity contribution in [1.29, 1.82) is 0 Å². The molecule has 30 heavy (non-hydrogen) atoms. The first kappa shape index (κ1) is 17.9. The number of hydrogen-bond acceptors (Lipinski definition) is 5. The van der Waals surface area contributed by atoms with Crippen molar-refractivity contribution in [2.75, 3.05) is 6.79 Å². The van der Waals surface area contributed by atoms with Gasteiger partial charge in [0.05, 0.1) is 11.8 Å². The minimum absolute atomic E-state index is 0.0218. The van der Waals surface area contributed by atoms with Gasteiger partial charge in [0.2, 0.25) is 13.0 Å². The number of halogens is 2. The van der Waals surface area contributed by atoms with Crippen molar-refractivity contribution in [2.45, 2.75) is 18.7 Å². The van der Waals surface area contributed by atoms with E-state index in [0.29, 0.717) is 10.0 Å². The van der Waals surface area contributed by atoms with Crippen LogP contribution in [0.5, 0.6) is 17.2 Å². The molecule has 7 heteroatoms. The van der Waals surface area contributed by atoms with Crippen LogP contribution in [0.15, 0.2) is 65.8 Å². The van der Waals surface area contributed by atoms with E-state index < -0.39 is 0 Å². The predicted molar refractivity (Wildman–Crippen MR) is 115 cm³/mol. The van der Waals surface area contributed by atoms with E-state index in [-0.39, 0.29) is 19.1 Å². The molecule has 0 aliphatic carbocycles. The van der Waals surface area contributed by atoms with Crippen LogP contribution in [0.4, 0.5) is 0 Å². The van der Waals surface area contributed by atoms with Gasteiger partial charge < -0.3 is 14.2 Å². The average molecular weight is 439 g/mol. The summed E-state index contributed by atoms with van der Waals surface area (Å²) < 4.78 is 17.3. The number of hydrazone groups is 1. The van der Waals surface area contributed by atoms with Crippen molar-refractivity contribution in [1.82, 2.24) is 5.01 Å². The number of hydrogen-bond donors (Lipinski definition) is 0. The van der Waals surface area contributed by atoms with Gasteiger partial charge in [0.25, 0.3) is 0 Å². The number of ether oxygens (including phenoxy) is 3. The van der Waals surface area contributed by atoms with Gasteiger partial charge in [0, 0.05) is 33.2 Å². The molecule has 3 aromatic rings. The zero-order chi connectivity index (χ0) is 20.2. The summed E-state index contributed by atoms with van der Waals surface area (Å²) in [7, 11) is 0. The molecular weight excluding hydrogens is 423 g/mol. The van der Waals surface area contributed by atoms with Crippen LogP contribution in [-0.2, 0) is 0 Å². The lowest BCUT2D eigenvalue weighted by Gasteiger charge is -2.38. The van der Waals surface area contributed by atoms with Crippen molar-refractivity contribution in [2.24, 2.45) is 5.10 Å². The van der Waals surface area contributed by atoms with Gasteiger partial charge in [-0.3, -0.25) is 0 Å². The molecule has 2 atom stereocenters. The summed E-state index contributed by atoms with van der Waals surface area (Å²) in [5, 5.41) is 8.35. The van der Waals surface area contributed by atoms with Gasteiger partial charge in [-0.1, -0.05) is 35.3 Å². The zero-order valence-electron chi connectivity index (χ0n) is 15.7. The molecule has 0 N–H and O–H groups in total. The average Bonchev–Trinajstić information content (AvgIpc) is 3.41. The van der Waals surface area contributed by atoms with Crippen LogP contribution in [-0.4, -0.2) is 17.5 Å². The highest BCUT2D eigenvalue weighted by atomic mass is 35.5. The summed E-state index contributed by atoms with van der Waals surface area (Å²) >= 11 is 12.4. The molecule has 0 amide bonds. The number of benzene rings is 3. The molecule has 3 aliphatic heterocycles. The standard InChI is InChI=1S/C23H16Cl2N2O3/c24-15-4-1-13(2-5-15)23-27-19(17-10-16(25)6-8-20(17)30-23)11-18(26-27)14-3-7-21-22(9-14)29-12-28-21/h1-10,19,23H,11-12H2/t19-,23+/m1/s1. The molecule has 5 nitrogen and oxygen atoms in total. The van der Waals surface area contributed by atoms with Gasteiger partial charge in [-0.25, -0.2) is 5.01 Å². The molecule has 3 aliphatic rings. The van der Waals surface area contributed by atoms with Crippen molar-refractivity contribution in [3.8, 4) is 17.2 Å². The lowest BCUT2D eigenvalue weighted by atomic mass is 9.95. The molecule has 3 aromatic carbocycles. The van der Waals surface area contributed by atoms with Crippen LogP contribution in [0.1, 0.15) is 35.4 Å². The van der Waals surface area contributed by atoms with Crippen LogP contribution >= 0.6 is 23.2 Å². The van der Waals surface area contributed by atoms with Gasteiger partial charge in [0.15, 0.2) is 11.5 Å². The van der Waals surface area contributed by atoms with E-state index in [0.717, 1.165) is 46.1 Å². The molecule has 0 bridgehead atoms. The predicted octanol–water partition coefficient (Wildman–Crippen LogP) is 5.96. The first-order chi connectivity index (χ1) is 14.7. The Morgan fingerprint density at radius 3 is 2.47 bits per heavy atom. The molecule has 0 unspecified atom stereocenters. The Bertz CT molecular complexity index is 1180. The van der Waals surface area contributed by atoms with E-state index in [1.54, 1.807) is 0 Å². The van der Waals surface area contributed by atoms with Gasteiger partial charge in [-0.15, -0.1) is 0 Å². The van der Waals surface area contributed by atoms with Crippen LogP contribution in [0.3, 0.4) is 0 Å². The highest BCUT2D eigenvalue weighted by Gasteiger charge is 2.41. The largest absolute Gasteiger partial charge is 0.464 e. The van der Waals surface area contributed by atoms with E-state index in [1.807, 2.05) is 65.7 Å². The van der Waals surface area contributed by atoms with Crippen LogP contribution in [0.2, 0.25) is 10.0 Å². The van der Waals surface area contributed by atoms with Crippen molar-refractivity contribution >= 4 is 28.9 Å². The summed E-state index contributed by atoms with van der Waals surface area (Å²) in [5.74, 6) is 2.33. The lowest BCUT2D eigenvalue weighted by molar-refractivity contribution is -0.0190. The third kappa shape index (κ3) is 2.89. The zero-order valence-corrected chi connectivity index (χ0v) is 17.2. The van der Waals surface area contributed by atoms with Crippen LogP contribution in [0.25, 0.3) is 0 Å². The third-order valence-electron chi connectivity index (χ3n) is 5.61. The molecule has 3 heterocycles. The molecule has 0 saturated heterocycles. The van der Waals surface area contributed by atoms with Crippen molar-refractivity contribution < 1.29 is 14.2 Å². The quantitative estimate of drug-likeness (QED) is 0.494. The normalized spacial score (nSPS) is 21.0. The van der Waals surface area contributed by atoms with Gasteiger partial charge >= 0.3 is 0 Å². The summed E-state index contributed by atoms with van der Waals surface area (Å²) in [6.45, 7) is 0.248. The minimum atomic E-state index is -0.354. The Morgan fingerprint density at radius 2 is 1.60 bits per heavy atom. The van der Waals surface area contributed by atoms with Gasteiger partial charge in [0.1, 0.15) is 5.75 Å². The molecule has 0 fully saturated rings. The number of nitrogens with zero attached hydrogens (tertiary/aromatic N) is 2. The fraction of sp³-hybridized carbons (Fsp3) is 0.174. The number of fused-ring (bicyclic) bond motifs is 4. The monoisotopic (exact) mass is 438 g/mol. The Balaban J connectivity index is 1.43. The summed E-state index contributed by atoms with van der Waals surface area (Å²) in [6.07, 6.45) is 0.382. The maximum atomic E-state index is 6.36. The maximum Gasteiger partial charge on any atom is 0.231 e. The topological polar surface area (TPSA) is 43.3 Å². The fourth-order valence-corrected chi connectivity index (χ4v) is 4.46. The van der Waals surface area contributed by atoms with E-state index in [9.17, 15) is 0 Å². The molecule has 6 rings (SSSR count). The van der Waals surface area contributed by atoms with Crippen molar-refractivity contribution in [3.63, 3.8) is 0 Å². The van der Waals surface area contributed by atoms with Crippen LogP contribution in [0, 0.1) is 0 Å². The second kappa shape index (κ2) is 6.83. The van der Waals surface area contributed by atoms with Crippen LogP contribution < -0.4 is 14.2 Å². The SMILES string of the molecule is Clc1ccc([C@@H]2Oc3ccc(Cl)cc3[C@H]3CC(c4ccc5c(c4)OCO5)=NN32)cc1. The van der Waals surface area contributed by atoms with E-state index >= 15 is 0 Å². The number of rotatable bonds is 2. The maximum absolute atomic E-state index is 6.36. The van der Waals surface area contributed by atoms with E-state index in [2.05, 4.69) is 0 Å². The smallest absolute Gasteiger partial charge is 0.231 e. The van der Waals surface area contributed by atoms with Crippen molar-refractivity contribution in [3.05, 3.63) is 87.4 Å². The Morgan fingerprint density at radius 1 is 0.833 bits per heavy atom. The highest BCUT2D eigenvalue weighted by molar-refractivity contribution is 6.30. The Kier molecular flexibility index (Phi) is 4.08. The third-order valence-corrected chi connectivity index (χ3v) is 6.10. The summed E-state index contributed by atoms with van der Waals surface area (Å²) in [5.41, 5.74) is 3.99.